The summed E-state index contributed by atoms with van der Waals surface area (Å²) in [5.74, 6) is -0.332. The zero-order valence-electron chi connectivity index (χ0n) is 15.5. The number of amides is 1. The Labute approximate surface area is 157 Å². The highest BCUT2D eigenvalue weighted by Crippen LogP contribution is 2.24. The summed E-state index contributed by atoms with van der Waals surface area (Å²) in [5, 5.41) is 22.7. The van der Waals surface area contributed by atoms with E-state index in [1.165, 1.54) is 12.1 Å². The van der Waals surface area contributed by atoms with E-state index in [1.807, 2.05) is 0 Å². The fraction of sp³-hybridized carbons (Fsp3) is 0.556. The maximum Gasteiger partial charge on any atom is 0.341 e. The number of hydrogen-bond acceptors (Lipinski definition) is 7. The molecule has 1 aliphatic heterocycles. The summed E-state index contributed by atoms with van der Waals surface area (Å²) < 4.78 is 5.11. The van der Waals surface area contributed by atoms with Gasteiger partial charge in [-0.25, -0.2) is 4.79 Å². The van der Waals surface area contributed by atoms with Crippen LogP contribution in [-0.2, 0) is 9.53 Å². The van der Waals surface area contributed by atoms with Crippen LogP contribution in [0.4, 0.5) is 11.4 Å². The molecular formula is C18H25N3O6. The van der Waals surface area contributed by atoms with Crippen molar-refractivity contribution in [2.75, 3.05) is 38.2 Å². The van der Waals surface area contributed by atoms with Crippen LogP contribution in [-0.4, -0.2) is 59.7 Å². The van der Waals surface area contributed by atoms with Gasteiger partial charge in [0.05, 0.1) is 17.1 Å². The van der Waals surface area contributed by atoms with Gasteiger partial charge in [-0.3, -0.25) is 14.9 Å². The molecule has 0 aliphatic carbocycles. The smallest absolute Gasteiger partial charge is 0.341 e. The zero-order valence-corrected chi connectivity index (χ0v) is 15.5. The van der Waals surface area contributed by atoms with Crippen molar-refractivity contribution in [3.8, 4) is 0 Å². The van der Waals surface area contributed by atoms with E-state index in [-0.39, 0.29) is 30.3 Å². The van der Waals surface area contributed by atoms with Gasteiger partial charge in [0, 0.05) is 37.5 Å². The van der Waals surface area contributed by atoms with Crippen molar-refractivity contribution in [1.29, 1.82) is 0 Å². The summed E-state index contributed by atoms with van der Waals surface area (Å²) in [6.45, 7) is 4.98. The fourth-order valence-electron chi connectivity index (χ4n) is 3.32. The number of hydrogen-bond donors (Lipinski definition) is 2. The molecule has 148 valence electrons. The van der Waals surface area contributed by atoms with E-state index in [1.54, 1.807) is 4.90 Å². The first-order valence-electron chi connectivity index (χ1n) is 8.89. The van der Waals surface area contributed by atoms with Gasteiger partial charge < -0.3 is 20.1 Å². The molecule has 2 rings (SSSR count). The molecule has 1 aromatic rings. The van der Waals surface area contributed by atoms with E-state index in [2.05, 4.69) is 19.2 Å². The van der Waals surface area contributed by atoms with E-state index in [9.17, 15) is 19.7 Å². The minimum atomic E-state index is -0.828. The summed E-state index contributed by atoms with van der Waals surface area (Å²) in [5.41, 5.74) is -0.0142. The molecule has 1 heterocycles. The molecule has 27 heavy (non-hydrogen) atoms. The Kier molecular flexibility index (Phi) is 7.12. The molecular weight excluding hydrogens is 354 g/mol. The molecule has 1 aliphatic rings. The SMILES string of the molecule is C[C@@H]1C[C@@H](C)CN(C(=O)COC(=O)c2cc([N+](=O)[O-])ccc2NCCO)C1. The average Bonchev–Trinajstić information content (AvgIpc) is 2.63. The highest BCUT2D eigenvalue weighted by atomic mass is 16.6. The molecule has 1 saturated heterocycles. The third-order valence-electron chi connectivity index (χ3n) is 4.41. The number of carbonyl (C=O) groups excluding carboxylic acids is 2. The number of nitro groups is 1. The predicted molar refractivity (Wildman–Crippen MR) is 98.5 cm³/mol. The Morgan fingerprint density at radius 2 is 2.00 bits per heavy atom. The Balaban J connectivity index is 2.06. The Hall–Kier alpha value is -2.68. The second-order valence-corrected chi connectivity index (χ2v) is 6.96. The van der Waals surface area contributed by atoms with Gasteiger partial charge in [-0.2, -0.15) is 0 Å². The molecule has 2 atom stereocenters. The predicted octanol–water partition coefficient (Wildman–Crippen LogP) is 1.66. The van der Waals surface area contributed by atoms with Crippen molar-refractivity contribution in [2.45, 2.75) is 20.3 Å². The summed E-state index contributed by atoms with van der Waals surface area (Å²) in [4.78, 5) is 36.8. The molecule has 0 bridgehead atoms. The lowest BCUT2D eigenvalue weighted by molar-refractivity contribution is -0.384. The molecule has 9 nitrogen and oxygen atoms in total. The van der Waals surface area contributed by atoms with Gasteiger partial charge in [0.1, 0.15) is 0 Å². The molecule has 0 spiro atoms. The van der Waals surface area contributed by atoms with Crippen LogP contribution in [0.5, 0.6) is 0 Å². The number of esters is 1. The van der Waals surface area contributed by atoms with Gasteiger partial charge in [0.25, 0.3) is 11.6 Å². The molecule has 2 N–H and O–H groups in total. The molecule has 0 aromatic heterocycles. The summed E-state index contributed by atoms with van der Waals surface area (Å²) in [6.07, 6.45) is 1.05. The van der Waals surface area contributed by atoms with Gasteiger partial charge in [-0.15, -0.1) is 0 Å². The van der Waals surface area contributed by atoms with Crippen LogP contribution in [0.3, 0.4) is 0 Å². The van der Waals surface area contributed by atoms with E-state index in [0.717, 1.165) is 12.5 Å². The lowest BCUT2D eigenvalue weighted by atomic mass is 9.92. The number of nitro benzene ring substituents is 1. The van der Waals surface area contributed by atoms with Gasteiger partial charge in [-0.05, 0) is 24.3 Å². The first-order chi connectivity index (χ1) is 12.8. The molecule has 0 radical (unpaired) electrons. The van der Waals surface area contributed by atoms with Crippen LogP contribution >= 0.6 is 0 Å². The van der Waals surface area contributed by atoms with Gasteiger partial charge >= 0.3 is 5.97 Å². The second kappa shape index (κ2) is 9.31. The summed E-state index contributed by atoms with van der Waals surface area (Å²) in [6, 6.07) is 3.72. The number of non-ortho nitro benzene ring substituents is 1. The van der Waals surface area contributed by atoms with Crippen LogP contribution in [0, 0.1) is 22.0 Å². The minimum absolute atomic E-state index is 0.0502. The van der Waals surface area contributed by atoms with E-state index >= 15 is 0 Å². The van der Waals surface area contributed by atoms with E-state index in [4.69, 9.17) is 9.84 Å². The standard InChI is InChI=1S/C18H25N3O6/c1-12-7-13(2)10-20(9-12)17(23)11-27-18(24)15-8-14(21(25)26)3-4-16(15)19-5-6-22/h3-4,8,12-13,19,22H,5-7,9-11H2,1-2H3/t12-,13-/m1/s1. The highest BCUT2D eigenvalue weighted by molar-refractivity contribution is 5.97. The average molecular weight is 379 g/mol. The topological polar surface area (TPSA) is 122 Å². The van der Waals surface area contributed by atoms with E-state index < -0.39 is 17.5 Å². The quantitative estimate of drug-likeness (QED) is 0.420. The van der Waals surface area contributed by atoms with Crippen molar-refractivity contribution in [3.63, 3.8) is 0 Å². The molecule has 1 fully saturated rings. The normalized spacial score (nSPS) is 19.4. The molecule has 1 aromatic carbocycles. The maximum absolute atomic E-state index is 12.4. The number of piperidine rings is 1. The Bertz CT molecular complexity index is 698. The monoisotopic (exact) mass is 379 g/mol. The summed E-state index contributed by atoms with van der Waals surface area (Å²) in [7, 11) is 0. The lowest BCUT2D eigenvalue weighted by Crippen LogP contribution is -2.44. The summed E-state index contributed by atoms with van der Waals surface area (Å²) >= 11 is 0. The maximum atomic E-state index is 12.4. The van der Waals surface area contributed by atoms with Gasteiger partial charge in [0.15, 0.2) is 6.61 Å². The molecule has 9 heteroatoms. The number of carbonyl (C=O) groups is 2. The number of aliphatic hydroxyl groups is 1. The van der Waals surface area contributed by atoms with Crippen LogP contribution in [0.25, 0.3) is 0 Å². The third-order valence-corrected chi connectivity index (χ3v) is 4.41. The number of ether oxygens (including phenoxy) is 1. The first-order valence-corrected chi connectivity index (χ1v) is 8.89. The van der Waals surface area contributed by atoms with Crippen molar-refractivity contribution >= 4 is 23.3 Å². The van der Waals surface area contributed by atoms with E-state index in [0.29, 0.717) is 30.6 Å². The molecule has 1 amide bonds. The number of likely N-dealkylation sites (tertiary alicyclic amines) is 1. The number of benzene rings is 1. The van der Waals surface area contributed by atoms with Crippen molar-refractivity contribution in [3.05, 3.63) is 33.9 Å². The lowest BCUT2D eigenvalue weighted by Gasteiger charge is -2.34. The molecule has 0 unspecified atom stereocenters. The minimum Gasteiger partial charge on any atom is -0.452 e. The number of nitrogens with one attached hydrogen (secondary N) is 1. The largest absolute Gasteiger partial charge is 0.452 e. The third kappa shape index (κ3) is 5.65. The van der Waals surface area contributed by atoms with Crippen molar-refractivity contribution in [1.82, 2.24) is 4.90 Å². The van der Waals surface area contributed by atoms with Crippen LogP contribution in [0.15, 0.2) is 18.2 Å². The Morgan fingerprint density at radius 3 is 2.59 bits per heavy atom. The van der Waals surface area contributed by atoms with Gasteiger partial charge in [0.2, 0.25) is 0 Å². The van der Waals surface area contributed by atoms with Crippen molar-refractivity contribution < 1.29 is 24.4 Å². The molecule has 0 saturated carbocycles. The first kappa shape index (κ1) is 20.6. The number of rotatable bonds is 7. The zero-order chi connectivity index (χ0) is 20.0. The number of anilines is 1. The van der Waals surface area contributed by atoms with Crippen LogP contribution in [0.2, 0.25) is 0 Å². The van der Waals surface area contributed by atoms with Gasteiger partial charge in [-0.1, -0.05) is 13.8 Å². The number of nitrogens with zero attached hydrogens (tertiary/aromatic N) is 2. The number of aliphatic hydroxyl groups excluding tert-OH is 1. The van der Waals surface area contributed by atoms with Crippen LogP contribution in [0.1, 0.15) is 30.6 Å². The fourth-order valence-corrected chi connectivity index (χ4v) is 3.32. The van der Waals surface area contributed by atoms with Crippen LogP contribution < -0.4 is 5.32 Å². The Morgan fingerprint density at radius 1 is 1.33 bits per heavy atom. The highest BCUT2D eigenvalue weighted by Gasteiger charge is 2.26. The second-order valence-electron chi connectivity index (χ2n) is 6.96. The van der Waals surface area contributed by atoms with Crippen molar-refractivity contribution in [2.24, 2.45) is 11.8 Å².